The molecular weight excluding hydrogens is 272 g/mol. The number of ether oxygens (including phenoxy) is 1. The first-order valence-corrected chi connectivity index (χ1v) is 5.47. The third-order valence-corrected chi connectivity index (χ3v) is 2.66. The molecule has 1 aromatic rings. The van der Waals surface area contributed by atoms with Gasteiger partial charge in [-0.3, -0.25) is 14.9 Å². The van der Waals surface area contributed by atoms with Crippen LogP contribution in [-0.2, 0) is 4.79 Å². The SMILES string of the molecule is COc1cc(C(O)C(O)CC(=O)O)c(N)c([N+](=O)[O-])c1. The molecule has 1 aromatic carbocycles. The summed E-state index contributed by atoms with van der Waals surface area (Å²) >= 11 is 0. The van der Waals surface area contributed by atoms with E-state index >= 15 is 0 Å². The lowest BCUT2D eigenvalue weighted by molar-refractivity contribution is -0.384. The van der Waals surface area contributed by atoms with Gasteiger partial charge in [0.25, 0.3) is 5.69 Å². The van der Waals surface area contributed by atoms with Gasteiger partial charge in [0.2, 0.25) is 0 Å². The number of nitrogens with two attached hydrogens (primary N) is 1. The number of aliphatic hydroxyl groups is 2. The van der Waals surface area contributed by atoms with Gasteiger partial charge in [0.05, 0.1) is 30.6 Å². The summed E-state index contributed by atoms with van der Waals surface area (Å²) in [5, 5.41) is 38.8. The third-order valence-electron chi connectivity index (χ3n) is 2.66. The summed E-state index contributed by atoms with van der Waals surface area (Å²) in [6.07, 6.45) is -4.06. The highest BCUT2D eigenvalue weighted by Gasteiger charge is 2.27. The van der Waals surface area contributed by atoms with E-state index in [2.05, 4.69) is 0 Å². The van der Waals surface area contributed by atoms with Gasteiger partial charge in [-0.15, -0.1) is 0 Å². The number of nitrogen functional groups attached to an aromatic ring is 1. The summed E-state index contributed by atoms with van der Waals surface area (Å²) in [6.45, 7) is 0. The van der Waals surface area contributed by atoms with E-state index in [1.54, 1.807) is 0 Å². The summed E-state index contributed by atoms with van der Waals surface area (Å²) in [5.74, 6) is -1.27. The van der Waals surface area contributed by atoms with Gasteiger partial charge in [-0.2, -0.15) is 0 Å². The van der Waals surface area contributed by atoms with Crippen molar-refractivity contribution in [3.63, 3.8) is 0 Å². The molecule has 0 spiro atoms. The molecule has 0 bridgehead atoms. The Morgan fingerprint density at radius 3 is 2.55 bits per heavy atom. The van der Waals surface area contributed by atoms with Gasteiger partial charge in [0.15, 0.2) is 0 Å². The number of nitro groups is 1. The molecule has 0 aliphatic carbocycles. The second kappa shape index (κ2) is 6.17. The number of hydrogen-bond acceptors (Lipinski definition) is 7. The Morgan fingerprint density at radius 1 is 1.50 bits per heavy atom. The number of aliphatic hydroxyl groups excluding tert-OH is 2. The molecule has 0 saturated heterocycles. The van der Waals surface area contributed by atoms with Crippen molar-refractivity contribution in [2.75, 3.05) is 12.8 Å². The molecule has 0 aromatic heterocycles. The van der Waals surface area contributed by atoms with E-state index in [0.717, 1.165) is 6.07 Å². The van der Waals surface area contributed by atoms with E-state index in [1.165, 1.54) is 13.2 Å². The molecule has 0 aliphatic heterocycles. The fourth-order valence-corrected chi connectivity index (χ4v) is 1.64. The predicted octanol–water partition coefficient (Wildman–Crippen LogP) is 0.0546. The molecule has 0 heterocycles. The maximum atomic E-state index is 10.8. The van der Waals surface area contributed by atoms with Crippen LogP contribution in [0.5, 0.6) is 5.75 Å². The molecule has 0 aliphatic rings. The van der Waals surface area contributed by atoms with Crippen LogP contribution in [0.1, 0.15) is 18.1 Å². The number of hydrogen-bond donors (Lipinski definition) is 4. The van der Waals surface area contributed by atoms with E-state index in [9.17, 15) is 25.1 Å². The third kappa shape index (κ3) is 3.33. The second-order valence-corrected chi connectivity index (χ2v) is 4.02. The van der Waals surface area contributed by atoms with Crippen molar-refractivity contribution < 1.29 is 29.8 Å². The van der Waals surface area contributed by atoms with Crippen molar-refractivity contribution in [3.8, 4) is 5.75 Å². The zero-order chi connectivity index (χ0) is 15.4. The van der Waals surface area contributed by atoms with Gasteiger partial charge in [-0.05, 0) is 6.07 Å². The average Bonchev–Trinajstić information content (AvgIpc) is 2.37. The minimum Gasteiger partial charge on any atom is -0.496 e. The standard InChI is InChI=1S/C11H14N2O7/c1-20-5-2-6(10(12)7(3-5)13(18)19)11(17)8(14)4-9(15)16/h2-3,8,11,14,17H,4,12H2,1H3,(H,15,16). The minimum absolute atomic E-state index is 0.0578. The highest BCUT2D eigenvalue weighted by atomic mass is 16.6. The predicted molar refractivity (Wildman–Crippen MR) is 67.3 cm³/mol. The maximum Gasteiger partial charge on any atom is 0.306 e. The zero-order valence-corrected chi connectivity index (χ0v) is 10.5. The Kier molecular flexibility index (Phi) is 4.83. The van der Waals surface area contributed by atoms with Crippen LogP contribution < -0.4 is 10.5 Å². The number of aliphatic carboxylic acids is 1. The van der Waals surface area contributed by atoms with Gasteiger partial charge in [-0.25, -0.2) is 0 Å². The summed E-state index contributed by atoms with van der Waals surface area (Å²) in [5.41, 5.74) is 4.55. The Balaban J connectivity index is 3.25. The van der Waals surface area contributed by atoms with Crippen molar-refractivity contribution in [2.24, 2.45) is 0 Å². The number of carboxylic acids is 1. The monoisotopic (exact) mass is 286 g/mol. The van der Waals surface area contributed by atoms with Crippen LogP contribution in [0.25, 0.3) is 0 Å². The first-order chi connectivity index (χ1) is 9.27. The fraction of sp³-hybridized carbons (Fsp3) is 0.364. The molecule has 9 nitrogen and oxygen atoms in total. The molecule has 9 heteroatoms. The fourth-order valence-electron chi connectivity index (χ4n) is 1.64. The summed E-state index contributed by atoms with van der Waals surface area (Å²) in [4.78, 5) is 20.6. The topological polar surface area (TPSA) is 156 Å². The second-order valence-electron chi connectivity index (χ2n) is 4.02. The number of carbonyl (C=O) groups is 1. The van der Waals surface area contributed by atoms with Gasteiger partial charge < -0.3 is 25.8 Å². The van der Waals surface area contributed by atoms with Crippen molar-refractivity contribution in [1.29, 1.82) is 0 Å². The first kappa shape index (κ1) is 15.7. The summed E-state index contributed by atoms with van der Waals surface area (Å²) in [7, 11) is 1.26. The summed E-state index contributed by atoms with van der Waals surface area (Å²) < 4.78 is 4.84. The number of nitrogens with zero attached hydrogens (tertiary/aromatic N) is 1. The van der Waals surface area contributed by atoms with Crippen molar-refractivity contribution in [3.05, 3.63) is 27.8 Å². The van der Waals surface area contributed by atoms with Crippen LogP contribution in [-0.4, -0.2) is 39.4 Å². The van der Waals surface area contributed by atoms with Gasteiger partial charge in [0.1, 0.15) is 17.5 Å². The highest BCUT2D eigenvalue weighted by Crippen LogP contribution is 2.35. The Morgan fingerprint density at radius 2 is 2.10 bits per heavy atom. The molecule has 2 unspecified atom stereocenters. The Hall–Kier alpha value is -2.39. The van der Waals surface area contributed by atoms with Gasteiger partial charge >= 0.3 is 5.97 Å². The van der Waals surface area contributed by atoms with E-state index in [0.29, 0.717) is 0 Å². The lowest BCUT2D eigenvalue weighted by atomic mass is 9.99. The maximum absolute atomic E-state index is 10.8. The van der Waals surface area contributed by atoms with Crippen LogP contribution in [0.3, 0.4) is 0 Å². The Bertz CT molecular complexity index is 532. The van der Waals surface area contributed by atoms with Crippen LogP contribution in [0.15, 0.2) is 12.1 Å². The number of benzene rings is 1. The smallest absolute Gasteiger partial charge is 0.306 e. The van der Waals surface area contributed by atoms with Crippen LogP contribution >= 0.6 is 0 Å². The molecule has 0 radical (unpaired) electrons. The molecule has 0 amide bonds. The molecule has 0 saturated carbocycles. The number of methoxy groups -OCH3 is 1. The van der Waals surface area contributed by atoms with Crippen molar-refractivity contribution >= 4 is 17.3 Å². The lowest BCUT2D eigenvalue weighted by Crippen LogP contribution is -2.23. The number of rotatable bonds is 6. The van der Waals surface area contributed by atoms with Gasteiger partial charge in [0, 0.05) is 5.56 Å². The average molecular weight is 286 g/mol. The van der Waals surface area contributed by atoms with Crippen LogP contribution in [0, 0.1) is 10.1 Å². The number of nitro benzene ring substituents is 1. The first-order valence-electron chi connectivity index (χ1n) is 5.47. The van der Waals surface area contributed by atoms with Gasteiger partial charge in [-0.1, -0.05) is 0 Å². The summed E-state index contributed by atoms with van der Waals surface area (Å²) in [6, 6.07) is 2.27. The Labute approximate surface area is 113 Å². The lowest BCUT2D eigenvalue weighted by Gasteiger charge is -2.18. The van der Waals surface area contributed by atoms with E-state index in [-0.39, 0.29) is 17.0 Å². The van der Waals surface area contributed by atoms with Crippen LogP contribution in [0.4, 0.5) is 11.4 Å². The number of anilines is 1. The van der Waals surface area contributed by atoms with Crippen molar-refractivity contribution in [2.45, 2.75) is 18.6 Å². The van der Waals surface area contributed by atoms with E-state index < -0.39 is 35.2 Å². The minimum atomic E-state index is -1.68. The van der Waals surface area contributed by atoms with E-state index in [4.69, 9.17) is 15.6 Å². The van der Waals surface area contributed by atoms with Crippen molar-refractivity contribution in [1.82, 2.24) is 0 Å². The molecular formula is C11H14N2O7. The molecule has 5 N–H and O–H groups in total. The highest BCUT2D eigenvalue weighted by molar-refractivity contribution is 5.69. The molecule has 1 rings (SSSR count). The molecule has 110 valence electrons. The normalized spacial score (nSPS) is 13.6. The number of carboxylic acid groups (broad SMARTS) is 1. The van der Waals surface area contributed by atoms with E-state index in [1.807, 2.05) is 0 Å². The molecule has 20 heavy (non-hydrogen) atoms. The zero-order valence-electron chi connectivity index (χ0n) is 10.5. The quantitative estimate of drug-likeness (QED) is 0.324. The largest absolute Gasteiger partial charge is 0.496 e. The molecule has 0 fully saturated rings. The van der Waals surface area contributed by atoms with Crippen LogP contribution in [0.2, 0.25) is 0 Å². The molecule has 2 atom stereocenters.